The number of hydrogen-bond acceptors (Lipinski definition) is 7. The molecule has 9 heteroatoms. The van der Waals surface area contributed by atoms with E-state index in [2.05, 4.69) is 10.5 Å². The summed E-state index contributed by atoms with van der Waals surface area (Å²) >= 11 is 0. The number of amides is 1. The van der Waals surface area contributed by atoms with Crippen LogP contribution in [0.3, 0.4) is 0 Å². The number of nitrogens with one attached hydrogen (secondary N) is 1. The molecule has 1 amide bonds. The molecule has 0 spiro atoms. The minimum atomic E-state index is -0.761. The highest BCUT2D eigenvalue weighted by Gasteiger charge is 2.13. The van der Waals surface area contributed by atoms with Crippen LogP contribution in [0.1, 0.15) is 23.8 Å². The fraction of sp³-hybridized carbons (Fsp3) is 0.188. The molecule has 0 aliphatic rings. The molecule has 0 unspecified atom stereocenters. The molecule has 0 saturated carbocycles. The van der Waals surface area contributed by atoms with Crippen molar-refractivity contribution < 1.29 is 19.2 Å². The average molecular weight is 345 g/mol. The molecule has 0 aliphatic heterocycles. The van der Waals surface area contributed by atoms with E-state index in [0.29, 0.717) is 5.56 Å². The molecule has 2 N–H and O–H groups in total. The molecule has 0 saturated heterocycles. The summed E-state index contributed by atoms with van der Waals surface area (Å²) in [6.07, 6.45) is -0.0523. The molecule has 1 aromatic carbocycles. The van der Waals surface area contributed by atoms with E-state index in [0.717, 1.165) is 0 Å². The molecule has 1 aromatic heterocycles. The first kappa shape index (κ1) is 17.9. The van der Waals surface area contributed by atoms with Crippen molar-refractivity contribution in [2.24, 2.45) is 5.10 Å². The van der Waals surface area contributed by atoms with Gasteiger partial charge in [-0.15, -0.1) is 0 Å². The van der Waals surface area contributed by atoms with E-state index in [4.69, 9.17) is 4.42 Å². The minimum absolute atomic E-state index is 0.0523. The molecular weight excluding hydrogens is 330 g/mol. The zero-order valence-corrected chi connectivity index (χ0v) is 13.5. The Morgan fingerprint density at radius 3 is 2.56 bits per heavy atom. The predicted molar refractivity (Wildman–Crippen MR) is 88.5 cm³/mol. The summed E-state index contributed by atoms with van der Waals surface area (Å²) in [7, 11) is 0. The van der Waals surface area contributed by atoms with E-state index in [1.807, 2.05) is 0 Å². The lowest BCUT2D eigenvalue weighted by atomic mass is 10.1. The smallest absolute Gasteiger partial charge is 0.348 e. The van der Waals surface area contributed by atoms with Gasteiger partial charge in [-0.3, -0.25) is 14.9 Å². The second kappa shape index (κ2) is 7.39. The van der Waals surface area contributed by atoms with Crippen LogP contribution in [0.25, 0.3) is 0 Å². The molecule has 0 atom stereocenters. The second-order valence-corrected chi connectivity index (χ2v) is 5.24. The Labute approximate surface area is 141 Å². The minimum Gasteiger partial charge on any atom is -0.507 e. The van der Waals surface area contributed by atoms with Crippen LogP contribution in [-0.2, 0) is 11.2 Å². The summed E-state index contributed by atoms with van der Waals surface area (Å²) in [5, 5.41) is 24.2. The first-order valence-corrected chi connectivity index (χ1v) is 7.18. The highest BCUT2D eigenvalue weighted by molar-refractivity contribution is 6.01. The van der Waals surface area contributed by atoms with Gasteiger partial charge in [0.2, 0.25) is 5.91 Å². The maximum absolute atomic E-state index is 11.9. The van der Waals surface area contributed by atoms with Crippen LogP contribution in [0.2, 0.25) is 0 Å². The summed E-state index contributed by atoms with van der Waals surface area (Å²) in [5.41, 5.74) is 1.94. The van der Waals surface area contributed by atoms with Gasteiger partial charge in [0, 0.05) is 18.2 Å². The third kappa shape index (κ3) is 4.50. The number of carbonyl (C=O) groups is 1. The number of aryl methyl sites for hydroxylation is 1. The molecule has 0 fully saturated rings. The van der Waals surface area contributed by atoms with Crippen LogP contribution < -0.4 is 11.1 Å². The maximum atomic E-state index is 11.9. The highest BCUT2D eigenvalue weighted by Crippen LogP contribution is 2.15. The van der Waals surface area contributed by atoms with Crippen molar-refractivity contribution in [3.05, 3.63) is 67.8 Å². The Morgan fingerprint density at radius 2 is 2.00 bits per heavy atom. The monoisotopic (exact) mass is 345 g/mol. The highest BCUT2D eigenvalue weighted by atomic mass is 16.6. The first-order chi connectivity index (χ1) is 11.8. The number of rotatable bonds is 5. The van der Waals surface area contributed by atoms with Crippen LogP contribution in [0.5, 0.6) is 5.75 Å². The summed E-state index contributed by atoms with van der Waals surface area (Å²) in [6.45, 7) is 2.96. The van der Waals surface area contributed by atoms with Crippen LogP contribution in [0.4, 0.5) is 5.69 Å². The van der Waals surface area contributed by atoms with Gasteiger partial charge in [-0.05, 0) is 19.4 Å². The predicted octanol–water partition coefficient (Wildman–Crippen LogP) is 1.64. The molecule has 9 nitrogen and oxygen atoms in total. The Hall–Kier alpha value is -3.49. The first-order valence-electron chi connectivity index (χ1n) is 7.18. The van der Waals surface area contributed by atoms with Crippen LogP contribution in [0.15, 0.2) is 44.6 Å². The third-order valence-corrected chi connectivity index (χ3v) is 3.28. The van der Waals surface area contributed by atoms with Gasteiger partial charge in [-0.2, -0.15) is 5.10 Å². The number of nitrogens with zero attached hydrogens (tertiary/aromatic N) is 2. The van der Waals surface area contributed by atoms with Gasteiger partial charge in [0.25, 0.3) is 5.69 Å². The molecule has 1 heterocycles. The van der Waals surface area contributed by atoms with E-state index in [9.17, 15) is 24.8 Å². The lowest BCUT2D eigenvalue weighted by Gasteiger charge is -2.04. The molecule has 2 rings (SSSR count). The number of nitro benzene ring substituents is 1. The van der Waals surface area contributed by atoms with Gasteiger partial charge in [0.05, 0.1) is 17.1 Å². The second-order valence-electron chi connectivity index (χ2n) is 5.24. The number of carbonyl (C=O) groups excluding carboxylic acids is 1. The number of hydrazone groups is 1. The number of hydrogen-bond donors (Lipinski definition) is 2. The Kier molecular flexibility index (Phi) is 5.28. The summed E-state index contributed by atoms with van der Waals surface area (Å²) in [6, 6.07) is 6.80. The van der Waals surface area contributed by atoms with E-state index < -0.39 is 16.5 Å². The van der Waals surface area contributed by atoms with E-state index in [1.54, 1.807) is 0 Å². The Bertz CT molecular complexity index is 899. The van der Waals surface area contributed by atoms with E-state index >= 15 is 0 Å². The van der Waals surface area contributed by atoms with Crippen LogP contribution in [0, 0.1) is 17.0 Å². The van der Waals surface area contributed by atoms with Crippen LogP contribution in [-0.4, -0.2) is 21.6 Å². The molecule has 0 radical (unpaired) electrons. The van der Waals surface area contributed by atoms with E-state index in [1.165, 1.54) is 44.2 Å². The van der Waals surface area contributed by atoms with E-state index in [-0.39, 0.29) is 34.9 Å². The van der Waals surface area contributed by atoms with Gasteiger partial charge in [0.1, 0.15) is 17.1 Å². The average Bonchev–Trinajstić information content (AvgIpc) is 2.52. The lowest BCUT2D eigenvalue weighted by Crippen LogP contribution is -2.23. The SMILES string of the molecule is C/C(=N/NC(=O)Cc1ccc([N+](=O)[O-])cc1)c1c(O)cc(C)oc1=O. The molecule has 25 heavy (non-hydrogen) atoms. The van der Waals surface area contributed by atoms with Crippen LogP contribution >= 0.6 is 0 Å². The van der Waals surface area contributed by atoms with Crippen molar-refractivity contribution in [3.63, 3.8) is 0 Å². The van der Waals surface area contributed by atoms with Gasteiger partial charge < -0.3 is 9.52 Å². The summed E-state index contributed by atoms with van der Waals surface area (Å²) in [5.74, 6) is -0.523. The number of non-ortho nitro benzene ring substituents is 1. The zero-order chi connectivity index (χ0) is 18.6. The standard InChI is InChI=1S/C16H15N3O6/c1-9-7-13(20)15(16(22)25-9)10(2)17-18-14(21)8-11-3-5-12(6-4-11)19(23)24/h3-7,20H,8H2,1-2H3,(H,18,21)/b17-10-. The quantitative estimate of drug-likeness (QED) is 0.480. The summed E-state index contributed by atoms with van der Waals surface area (Å²) < 4.78 is 4.88. The fourth-order valence-corrected chi connectivity index (χ4v) is 2.09. The largest absolute Gasteiger partial charge is 0.507 e. The van der Waals surface area contributed by atoms with Crippen molar-refractivity contribution in [3.8, 4) is 5.75 Å². The Balaban J connectivity index is 2.07. The zero-order valence-electron chi connectivity index (χ0n) is 13.5. The summed E-state index contributed by atoms with van der Waals surface area (Å²) in [4.78, 5) is 33.7. The van der Waals surface area contributed by atoms with Gasteiger partial charge >= 0.3 is 5.63 Å². The molecule has 130 valence electrons. The van der Waals surface area contributed by atoms with Crippen molar-refractivity contribution in [2.45, 2.75) is 20.3 Å². The Morgan fingerprint density at radius 1 is 1.36 bits per heavy atom. The van der Waals surface area contributed by atoms with Gasteiger partial charge in [-0.1, -0.05) is 12.1 Å². The van der Waals surface area contributed by atoms with Gasteiger partial charge in [0.15, 0.2) is 0 Å². The molecule has 2 aromatic rings. The lowest BCUT2D eigenvalue weighted by molar-refractivity contribution is -0.384. The number of nitro groups is 1. The van der Waals surface area contributed by atoms with Crippen molar-refractivity contribution in [2.75, 3.05) is 0 Å². The van der Waals surface area contributed by atoms with Gasteiger partial charge in [-0.25, -0.2) is 10.2 Å². The van der Waals surface area contributed by atoms with Crippen molar-refractivity contribution >= 4 is 17.3 Å². The maximum Gasteiger partial charge on any atom is 0.348 e. The molecule has 0 aliphatic carbocycles. The number of benzene rings is 1. The third-order valence-electron chi connectivity index (χ3n) is 3.28. The molecule has 0 bridgehead atoms. The topological polar surface area (TPSA) is 135 Å². The molecular formula is C16H15N3O6. The number of aromatic hydroxyl groups is 1. The van der Waals surface area contributed by atoms with Crippen molar-refractivity contribution in [1.29, 1.82) is 0 Å². The van der Waals surface area contributed by atoms with Crippen molar-refractivity contribution in [1.82, 2.24) is 5.43 Å². The normalized spacial score (nSPS) is 11.2. The fourth-order valence-electron chi connectivity index (χ4n) is 2.09.